The van der Waals surface area contributed by atoms with Crippen molar-refractivity contribution in [2.24, 2.45) is 0 Å². The van der Waals surface area contributed by atoms with E-state index >= 15 is 0 Å². The molecule has 3 nitrogen and oxygen atoms in total. The van der Waals surface area contributed by atoms with Crippen molar-refractivity contribution in [1.29, 1.82) is 5.26 Å². The van der Waals surface area contributed by atoms with Crippen LogP contribution in [0.3, 0.4) is 0 Å². The van der Waals surface area contributed by atoms with Crippen molar-refractivity contribution in [2.75, 3.05) is 0 Å². The molecule has 0 aliphatic carbocycles. The summed E-state index contributed by atoms with van der Waals surface area (Å²) in [5.74, 6) is 2.13. The predicted molar refractivity (Wildman–Crippen MR) is 77.3 cm³/mol. The molecule has 0 aliphatic heterocycles. The fourth-order valence-electron chi connectivity index (χ4n) is 1.28. The summed E-state index contributed by atoms with van der Waals surface area (Å²) in [4.78, 5) is 12.0. The Kier molecular flexibility index (Phi) is 4.69. The van der Waals surface area contributed by atoms with Gasteiger partial charge in [-0.05, 0) is 12.1 Å². The van der Waals surface area contributed by atoms with Gasteiger partial charge < -0.3 is 5.11 Å². The minimum absolute atomic E-state index is 0.0627. The first-order valence-electron chi connectivity index (χ1n) is 5.81. The van der Waals surface area contributed by atoms with E-state index in [1.165, 1.54) is 18.2 Å². The normalized spacial score (nSPS) is 11.2. The van der Waals surface area contributed by atoms with Gasteiger partial charge in [0.2, 0.25) is 5.78 Å². The van der Waals surface area contributed by atoms with Crippen LogP contribution in [-0.2, 0) is 0 Å². The predicted octanol–water partition coefficient (Wildman–Crippen LogP) is 2.91. The first kappa shape index (κ1) is 14.8. The first-order chi connectivity index (χ1) is 8.85. The second-order valence-electron chi connectivity index (χ2n) is 5.04. The number of phenolic OH excluding ortho intramolecular Hbond substituents is 1. The monoisotopic (exact) mass is 269 g/mol. The molecule has 0 aromatic heterocycles. The number of hydrogen-bond donors (Lipinski definition) is 1. The second-order valence-corrected chi connectivity index (χ2v) is 9.79. The molecule has 0 amide bonds. The van der Waals surface area contributed by atoms with Gasteiger partial charge in [-0.1, -0.05) is 37.7 Å². The molecule has 4 heteroatoms. The Morgan fingerprint density at radius 1 is 1.32 bits per heavy atom. The number of rotatable bonds is 2. The van der Waals surface area contributed by atoms with E-state index in [1.54, 1.807) is 12.1 Å². The lowest BCUT2D eigenvalue weighted by molar-refractivity contribution is 0.103. The number of allylic oxidation sites excluding steroid dienone is 2. The molecule has 0 bridgehead atoms. The van der Waals surface area contributed by atoms with Gasteiger partial charge >= 0.3 is 0 Å². The molecular formula is C15H15NO2Si. The third-order valence-corrected chi connectivity index (χ3v) is 3.07. The SMILES string of the molecule is C[Si](C)(C)C#C/C=C(\C#N)C(=O)c1ccccc1O. The number of benzene rings is 1. The highest BCUT2D eigenvalue weighted by Crippen LogP contribution is 2.19. The van der Waals surface area contributed by atoms with E-state index < -0.39 is 13.9 Å². The van der Waals surface area contributed by atoms with Gasteiger partial charge in [0.25, 0.3) is 0 Å². The van der Waals surface area contributed by atoms with E-state index in [4.69, 9.17) is 5.26 Å². The molecule has 96 valence electrons. The molecule has 0 atom stereocenters. The molecule has 1 N–H and O–H groups in total. The Hall–Kier alpha value is -2.30. The molecule has 19 heavy (non-hydrogen) atoms. The molecule has 0 saturated carbocycles. The third-order valence-electron chi connectivity index (χ3n) is 2.18. The summed E-state index contributed by atoms with van der Waals surface area (Å²) in [5.41, 5.74) is 3.11. The van der Waals surface area contributed by atoms with Crippen molar-refractivity contribution < 1.29 is 9.90 Å². The van der Waals surface area contributed by atoms with Crippen LogP contribution in [0, 0.1) is 22.8 Å². The number of nitrogens with zero attached hydrogens (tertiary/aromatic N) is 1. The summed E-state index contributed by atoms with van der Waals surface area (Å²) in [5, 5.41) is 18.6. The Morgan fingerprint density at radius 2 is 1.95 bits per heavy atom. The van der Waals surface area contributed by atoms with Gasteiger partial charge in [0.15, 0.2) is 0 Å². The number of nitriles is 1. The number of aromatic hydroxyl groups is 1. The van der Waals surface area contributed by atoms with Gasteiger partial charge in [0.05, 0.1) is 5.56 Å². The maximum absolute atomic E-state index is 12.0. The number of ketones is 1. The minimum atomic E-state index is -1.54. The summed E-state index contributed by atoms with van der Waals surface area (Å²) in [6, 6.07) is 7.97. The molecule has 1 aromatic rings. The molecule has 0 heterocycles. The molecule has 0 unspecified atom stereocenters. The molecular weight excluding hydrogens is 254 g/mol. The summed E-state index contributed by atoms with van der Waals surface area (Å²) < 4.78 is 0. The van der Waals surface area contributed by atoms with Gasteiger partial charge in [-0.2, -0.15) is 5.26 Å². The van der Waals surface area contributed by atoms with Crippen molar-refractivity contribution in [1.82, 2.24) is 0 Å². The van der Waals surface area contributed by atoms with Crippen LogP contribution in [0.15, 0.2) is 35.9 Å². The van der Waals surface area contributed by atoms with Crippen molar-refractivity contribution in [2.45, 2.75) is 19.6 Å². The maximum Gasteiger partial charge on any atom is 0.207 e. The number of carbonyl (C=O) groups excluding carboxylic acids is 1. The van der Waals surface area contributed by atoms with Gasteiger partial charge in [-0.3, -0.25) is 4.79 Å². The van der Waals surface area contributed by atoms with Crippen molar-refractivity contribution >= 4 is 13.9 Å². The van der Waals surface area contributed by atoms with Crippen LogP contribution in [0.25, 0.3) is 0 Å². The topological polar surface area (TPSA) is 61.1 Å². The van der Waals surface area contributed by atoms with E-state index in [9.17, 15) is 9.90 Å². The molecule has 0 radical (unpaired) electrons. The average molecular weight is 269 g/mol. The van der Waals surface area contributed by atoms with E-state index in [1.807, 2.05) is 6.07 Å². The fraction of sp³-hybridized carbons (Fsp3) is 0.200. The zero-order chi connectivity index (χ0) is 14.5. The molecule has 0 spiro atoms. The van der Waals surface area contributed by atoms with Crippen molar-refractivity contribution in [3.8, 4) is 23.3 Å². The van der Waals surface area contributed by atoms with E-state index in [2.05, 4.69) is 31.1 Å². The maximum atomic E-state index is 12.0. The van der Waals surface area contributed by atoms with Crippen molar-refractivity contribution in [3.05, 3.63) is 41.5 Å². The lowest BCUT2D eigenvalue weighted by Gasteiger charge is -2.03. The fourth-order valence-corrected chi connectivity index (χ4v) is 1.79. The highest BCUT2D eigenvalue weighted by molar-refractivity contribution is 6.83. The molecule has 0 fully saturated rings. The highest BCUT2D eigenvalue weighted by atomic mass is 28.3. The first-order valence-corrected chi connectivity index (χ1v) is 9.31. The lowest BCUT2D eigenvalue weighted by Crippen LogP contribution is -2.16. The van der Waals surface area contributed by atoms with Crippen LogP contribution in [0.5, 0.6) is 5.75 Å². The zero-order valence-corrected chi connectivity index (χ0v) is 12.2. The number of carbonyl (C=O) groups is 1. The Balaban J connectivity index is 3.09. The quantitative estimate of drug-likeness (QED) is 0.295. The molecule has 0 aliphatic rings. The third kappa shape index (κ3) is 4.46. The molecule has 1 aromatic carbocycles. The van der Waals surface area contributed by atoms with Gasteiger partial charge in [0, 0.05) is 6.08 Å². The Bertz CT molecular complexity index is 622. The molecule has 0 saturated heterocycles. The minimum Gasteiger partial charge on any atom is -0.507 e. The second kappa shape index (κ2) is 6.04. The van der Waals surface area contributed by atoms with E-state index in [-0.39, 0.29) is 16.9 Å². The van der Waals surface area contributed by atoms with Crippen LogP contribution < -0.4 is 0 Å². The smallest absolute Gasteiger partial charge is 0.207 e. The van der Waals surface area contributed by atoms with Crippen LogP contribution in [0.1, 0.15) is 10.4 Å². The van der Waals surface area contributed by atoms with Crippen LogP contribution >= 0.6 is 0 Å². The summed E-state index contributed by atoms with van der Waals surface area (Å²) >= 11 is 0. The van der Waals surface area contributed by atoms with Crippen LogP contribution in [-0.4, -0.2) is 19.0 Å². The van der Waals surface area contributed by atoms with Crippen LogP contribution in [0.2, 0.25) is 19.6 Å². The highest BCUT2D eigenvalue weighted by Gasteiger charge is 2.15. The van der Waals surface area contributed by atoms with Crippen molar-refractivity contribution in [3.63, 3.8) is 0 Å². The lowest BCUT2D eigenvalue weighted by atomic mass is 10.0. The molecule has 1 rings (SSSR count). The van der Waals surface area contributed by atoms with E-state index in [0.29, 0.717) is 0 Å². The standard InChI is InChI=1S/C15H15NO2Si/c1-19(2,3)10-6-7-12(11-16)15(18)13-8-4-5-9-14(13)17/h4-5,7-9,17H,1-3H3/b12-7+. The average Bonchev–Trinajstić information content (AvgIpc) is 2.33. The Labute approximate surface area is 114 Å². The Morgan fingerprint density at radius 3 is 2.47 bits per heavy atom. The van der Waals surface area contributed by atoms with Crippen LogP contribution in [0.4, 0.5) is 0 Å². The van der Waals surface area contributed by atoms with Gasteiger partial charge in [-0.25, -0.2) is 0 Å². The zero-order valence-electron chi connectivity index (χ0n) is 11.2. The summed E-state index contributed by atoms with van der Waals surface area (Å²) in [7, 11) is -1.54. The number of Topliss-reactive ketones (excluding diaryl/α,β-unsaturated/α-hetero) is 1. The van der Waals surface area contributed by atoms with Gasteiger partial charge in [-0.15, -0.1) is 5.54 Å². The number of phenols is 1. The van der Waals surface area contributed by atoms with Gasteiger partial charge in [0.1, 0.15) is 25.5 Å². The number of hydrogen-bond acceptors (Lipinski definition) is 3. The summed E-state index contributed by atoms with van der Waals surface area (Å²) in [6.45, 7) is 6.22. The summed E-state index contributed by atoms with van der Waals surface area (Å²) in [6.07, 6.45) is 1.33. The largest absolute Gasteiger partial charge is 0.507 e. The van der Waals surface area contributed by atoms with E-state index in [0.717, 1.165) is 0 Å². The number of para-hydroxylation sites is 1.